The average Bonchev–Trinajstić information content (AvgIpc) is 2.68. The number of methoxy groups -OCH3 is 1. The van der Waals surface area contributed by atoms with E-state index in [9.17, 15) is 0 Å². The lowest BCUT2D eigenvalue weighted by atomic mass is 10.2. The van der Waals surface area contributed by atoms with Crippen LogP contribution >= 0.6 is 0 Å². The molecule has 0 fully saturated rings. The maximum atomic E-state index is 5.38. The van der Waals surface area contributed by atoms with Crippen LogP contribution in [0.15, 0.2) is 29.3 Å². The Balaban J connectivity index is 2.43. The third kappa shape index (κ3) is 10.9. The summed E-state index contributed by atoms with van der Waals surface area (Å²) in [7, 11) is 1.67. The molecule has 0 bridgehead atoms. The number of unbranched alkanes of at least 4 members (excludes halogenated alkanes) is 1. The summed E-state index contributed by atoms with van der Waals surface area (Å²) in [6.45, 7) is 9.51. The van der Waals surface area contributed by atoms with E-state index in [0.29, 0.717) is 6.54 Å². The normalized spacial score (nSPS) is 11.4. The number of nitrogens with one attached hydrogen (secondary N) is 2. The van der Waals surface area contributed by atoms with E-state index in [1.807, 2.05) is 38.1 Å². The van der Waals surface area contributed by atoms with Crippen molar-refractivity contribution in [3.8, 4) is 5.75 Å². The summed E-state index contributed by atoms with van der Waals surface area (Å²) in [5.74, 6) is 1.70. The van der Waals surface area contributed by atoms with Gasteiger partial charge >= 0.3 is 0 Å². The quantitative estimate of drug-likeness (QED) is 0.301. The minimum Gasteiger partial charge on any atom is -0.497 e. The minimum absolute atomic E-state index is 0.629. The predicted molar refractivity (Wildman–Crippen MR) is 107 cm³/mol. The number of guanidine groups is 1. The fraction of sp³-hybridized carbons (Fsp3) is 0.650. The first kappa shape index (κ1) is 22.3. The van der Waals surface area contributed by atoms with Gasteiger partial charge in [-0.05, 0) is 50.8 Å². The first-order valence-electron chi connectivity index (χ1n) is 9.60. The maximum Gasteiger partial charge on any atom is 0.191 e. The van der Waals surface area contributed by atoms with Crippen LogP contribution in [0.25, 0.3) is 0 Å². The highest BCUT2D eigenvalue weighted by Gasteiger charge is 2.00. The van der Waals surface area contributed by atoms with E-state index < -0.39 is 0 Å². The first-order valence-corrected chi connectivity index (χ1v) is 9.60. The Bertz CT molecular complexity index is 478. The summed E-state index contributed by atoms with van der Waals surface area (Å²) < 4.78 is 15.9. The number of rotatable bonds is 14. The highest BCUT2D eigenvalue weighted by molar-refractivity contribution is 5.79. The summed E-state index contributed by atoms with van der Waals surface area (Å²) in [5, 5.41) is 6.77. The Hall–Kier alpha value is -1.79. The van der Waals surface area contributed by atoms with E-state index in [2.05, 4.69) is 15.6 Å². The standard InChI is InChI=1S/C20H35N3O3/c1-4-25-15-7-6-13-21-20(22-14-8-16-26-5-2)23-17-18-9-11-19(24-3)12-10-18/h9-12H,4-8,13-17H2,1-3H3,(H2,21,22,23). The number of nitrogens with zero attached hydrogens (tertiary/aromatic N) is 1. The van der Waals surface area contributed by atoms with Crippen LogP contribution in [0.1, 0.15) is 38.7 Å². The molecule has 0 amide bonds. The number of aliphatic imine (C=N–C) groups is 1. The van der Waals surface area contributed by atoms with E-state index in [1.54, 1.807) is 7.11 Å². The van der Waals surface area contributed by atoms with Gasteiger partial charge in [-0.2, -0.15) is 0 Å². The molecule has 0 heterocycles. The number of ether oxygens (including phenoxy) is 3. The summed E-state index contributed by atoms with van der Waals surface area (Å²) in [6.07, 6.45) is 3.07. The highest BCUT2D eigenvalue weighted by atomic mass is 16.5. The largest absolute Gasteiger partial charge is 0.497 e. The maximum absolute atomic E-state index is 5.38. The van der Waals surface area contributed by atoms with Crippen LogP contribution in [-0.2, 0) is 16.0 Å². The Morgan fingerprint density at radius 1 is 0.885 bits per heavy atom. The highest BCUT2D eigenvalue weighted by Crippen LogP contribution is 2.11. The minimum atomic E-state index is 0.629. The van der Waals surface area contributed by atoms with Crippen molar-refractivity contribution in [2.24, 2.45) is 4.99 Å². The van der Waals surface area contributed by atoms with E-state index >= 15 is 0 Å². The molecule has 0 unspecified atom stereocenters. The number of hydrogen-bond donors (Lipinski definition) is 2. The second-order valence-electron chi connectivity index (χ2n) is 5.82. The molecule has 6 nitrogen and oxygen atoms in total. The molecule has 0 atom stereocenters. The Labute approximate surface area is 158 Å². The summed E-state index contributed by atoms with van der Waals surface area (Å²) in [4.78, 5) is 4.68. The van der Waals surface area contributed by atoms with Gasteiger partial charge in [-0.25, -0.2) is 4.99 Å². The molecule has 0 radical (unpaired) electrons. The van der Waals surface area contributed by atoms with Gasteiger partial charge in [-0.1, -0.05) is 12.1 Å². The molecule has 0 spiro atoms. The zero-order valence-corrected chi connectivity index (χ0v) is 16.6. The zero-order chi connectivity index (χ0) is 18.9. The molecular weight excluding hydrogens is 330 g/mol. The summed E-state index contributed by atoms with van der Waals surface area (Å²) in [5.41, 5.74) is 1.15. The van der Waals surface area contributed by atoms with Crippen molar-refractivity contribution >= 4 is 5.96 Å². The van der Waals surface area contributed by atoms with E-state index in [0.717, 1.165) is 76.1 Å². The van der Waals surface area contributed by atoms with Gasteiger partial charge in [0.05, 0.1) is 13.7 Å². The molecule has 0 saturated carbocycles. The molecule has 6 heteroatoms. The van der Waals surface area contributed by atoms with Gasteiger partial charge in [0.1, 0.15) is 5.75 Å². The Kier molecular flexibility index (Phi) is 13.2. The van der Waals surface area contributed by atoms with Crippen LogP contribution in [0.3, 0.4) is 0 Å². The van der Waals surface area contributed by atoms with Gasteiger partial charge in [0, 0.05) is 39.5 Å². The van der Waals surface area contributed by atoms with Crippen LogP contribution in [0, 0.1) is 0 Å². The van der Waals surface area contributed by atoms with Crippen LogP contribution in [0.2, 0.25) is 0 Å². The van der Waals surface area contributed by atoms with Crippen LogP contribution in [-0.4, -0.2) is 52.6 Å². The lowest BCUT2D eigenvalue weighted by Crippen LogP contribution is -2.38. The molecule has 148 valence electrons. The molecule has 1 aromatic carbocycles. The smallest absolute Gasteiger partial charge is 0.191 e. The molecule has 2 N–H and O–H groups in total. The first-order chi connectivity index (χ1) is 12.8. The van der Waals surface area contributed by atoms with Gasteiger partial charge in [-0.15, -0.1) is 0 Å². The van der Waals surface area contributed by atoms with Gasteiger partial charge in [-0.3, -0.25) is 0 Å². The van der Waals surface area contributed by atoms with Crippen LogP contribution in [0.5, 0.6) is 5.75 Å². The van der Waals surface area contributed by atoms with Crippen molar-refractivity contribution in [1.29, 1.82) is 0 Å². The fourth-order valence-corrected chi connectivity index (χ4v) is 2.28. The molecule has 1 aromatic rings. The van der Waals surface area contributed by atoms with Crippen molar-refractivity contribution in [3.05, 3.63) is 29.8 Å². The van der Waals surface area contributed by atoms with Crippen molar-refractivity contribution in [3.63, 3.8) is 0 Å². The fourth-order valence-electron chi connectivity index (χ4n) is 2.28. The topological polar surface area (TPSA) is 64.1 Å². The summed E-state index contributed by atoms with van der Waals surface area (Å²) in [6, 6.07) is 8.00. The van der Waals surface area contributed by atoms with Crippen molar-refractivity contribution < 1.29 is 14.2 Å². The lowest BCUT2D eigenvalue weighted by molar-refractivity contribution is 0.143. The van der Waals surface area contributed by atoms with Crippen molar-refractivity contribution in [2.45, 2.75) is 39.7 Å². The molecule has 1 rings (SSSR count). The average molecular weight is 366 g/mol. The molecule has 0 aliphatic rings. The summed E-state index contributed by atoms with van der Waals surface area (Å²) >= 11 is 0. The monoisotopic (exact) mass is 365 g/mol. The van der Waals surface area contributed by atoms with E-state index in [1.165, 1.54) is 0 Å². The second kappa shape index (κ2) is 15.5. The number of hydrogen-bond acceptors (Lipinski definition) is 4. The van der Waals surface area contributed by atoms with Crippen LogP contribution < -0.4 is 15.4 Å². The molecule has 0 aliphatic heterocycles. The molecule has 0 aliphatic carbocycles. The van der Waals surface area contributed by atoms with Crippen LogP contribution in [0.4, 0.5) is 0 Å². The Morgan fingerprint density at radius 3 is 2.12 bits per heavy atom. The second-order valence-corrected chi connectivity index (χ2v) is 5.82. The molecular formula is C20H35N3O3. The molecule has 0 saturated heterocycles. The van der Waals surface area contributed by atoms with Gasteiger partial charge in [0.2, 0.25) is 0 Å². The lowest BCUT2D eigenvalue weighted by Gasteiger charge is -2.13. The van der Waals surface area contributed by atoms with Gasteiger partial charge in [0.15, 0.2) is 5.96 Å². The SMILES string of the molecule is CCOCCCCNC(=NCc1ccc(OC)cc1)NCCCOCC. The molecule has 0 aromatic heterocycles. The van der Waals surface area contributed by atoms with Gasteiger partial charge < -0.3 is 24.8 Å². The Morgan fingerprint density at radius 2 is 1.50 bits per heavy atom. The number of benzene rings is 1. The van der Waals surface area contributed by atoms with Crippen molar-refractivity contribution in [2.75, 3.05) is 46.6 Å². The van der Waals surface area contributed by atoms with E-state index in [-0.39, 0.29) is 0 Å². The molecule has 26 heavy (non-hydrogen) atoms. The van der Waals surface area contributed by atoms with Crippen molar-refractivity contribution in [1.82, 2.24) is 10.6 Å². The third-order valence-corrected chi connectivity index (χ3v) is 3.75. The van der Waals surface area contributed by atoms with E-state index in [4.69, 9.17) is 14.2 Å². The third-order valence-electron chi connectivity index (χ3n) is 3.75. The van der Waals surface area contributed by atoms with Gasteiger partial charge in [0.25, 0.3) is 0 Å². The predicted octanol–water partition coefficient (Wildman–Crippen LogP) is 2.97. The zero-order valence-electron chi connectivity index (χ0n) is 16.6.